The molecule has 0 radical (unpaired) electrons. The van der Waals surface area contributed by atoms with Gasteiger partial charge in [-0.15, -0.1) is 0 Å². The third kappa shape index (κ3) is 1.82. The molecule has 0 spiro atoms. The number of pyridine rings is 1. The second-order valence-electron chi connectivity index (χ2n) is 5.78. The van der Waals surface area contributed by atoms with Crippen LogP contribution in [0.5, 0.6) is 0 Å². The molecule has 4 rings (SSSR count). The van der Waals surface area contributed by atoms with E-state index in [1.54, 1.807) is 6.20 Å². The van der Waals surface area contributed by atoms with Gasteiger partial charge in [0.05, 0.1) is 17.2 Å². The summed E-state index contributed by atoms with van der Waals surface area (Å²) in [7, 11) is 0. The van der Waals surface area contributed by atoms with Crippen LogP contribution >= 0.6 is 0 Å². The molecule has 0 saturated heterocycles. The van der Waals surface area contributed by atoms with E-state index in [4.69, 9.17) is 0 Å². The number of aromatic nitrogens is 4. The molecule has 1 aliphatic rings. The average molecular weight is 284 g/mol. The van der Waals surface area contributed by atoms with E-state index in [-0.39, 0.29) is 17.6 Å². The van der Waals surface area contributed by atoms with Crippen molar-refractivity contribution in [2.24, 2.45) is 5.92 Å². The minimum absolute atomic E-state index is 0.0594. The molecule has 2 atom stereocenters. The molecule has 6 nitrogen and oxygen atoms in total. The van der Waals surface area contributed by atoms with Crippen molar-refractivity contribution in [1.29, 1.82) is 0 Å². The molecule has 1 aliphatic carbocycles. The van der Waals surface area contributed by atoms with Gasteiger partial charge in [0.25, 0.3) is 0 Å². The van der Waals surface area contributed by atoms with Crippen molar-refractivity contribution < 1.29 is 4.79 Å². The summed E-state index contributed by atoms with van der Waals surface area (Å²) in [5, 5.41) is 0.944. The fraction of sp³-hybridized carbons (Fsp3) is 0.400. The highest BCUT2D eigenvalue weighted by atomic mass is 16.1. The van der Waals surface area contributed by atoms with Crippen LogP contribution < -0.4 is 5.69 Å². The van der Waals surface area contributed by atoms with Crippen molar-refractivity contribution >= 4 is 28.4 Å². The highest BCUT2D eigenvalue weighted by molar-refractivity contribution is 6.00. The summed E-state index contributed by atoms with van der Waals surface area (Å²) in [4.78, 5) is 33.7. The molecule has 6 heteroatoms. The zero-order chi connectivity index (χ0) is 14.4. The Morgan fingerprint density at radius 3 is 3.14 bits per heavy atom. The lowest BCUT2D eigenvalue weighted by atomic mass is 9.86. The Morgan fingerprint density at radius 2 is 2.29 bits per heavy atom. The topological polar surface area (TPSA) is 83.5 Å². The van der Waals surface area contributed by atoms with Crippen LogP contribution in [0.15, 0.2) is 23.3 Å². The number of fused-ring (bicyclic) bond motifs is 3. The predicted molar refractivity (Wildman–Crippen MR) is 79.3 cm³/mol. The van der Waals surface area contributed by atoms with E-state index in [1.165, 1.54) is 0 Å². The summed E-state index contributed by atoms with van der Waals surface area (Å²) in [6.45, 7) is 0. The Hall–Kier alpha value is -2.37. The fourth-order valence-corrected chi connectivity index (χ4v) is 3.53. The molecule has 3 aromatic rings. The molecule has 21 heavy (non-hydrogen) atoms. The molecule has 2 N–H and O–H groups in total. The Balaban J connectivity index is 1.94. The number of H-pyrrole nitrogens is 2. The van der Waals surface area contributed by atoms with Gasteiger partial charge in [0, 0.05) is 23.5 Å². The number of hydrogen-bond donors (Lipinski definition) is 2. The standard InChI is InChI=1S/C15H16N4O2/c20-8-9-2-1-3-10(6-9)19-13-11-4-5-16-14(11)17-7-12(13)18-15(19)21/h4-5,7-10H,1-3,6H2,(H,16,17)(H,18,21)/t9-,10+/m0/s1. The molecule has 0 aliphatic heterocycles. The van der Waals surface area contributed by atoms with Gasteiger partial charge in [-0.25, -0.2) is 9.78 Å². The summed E-state index contributed by atoms with van der Waals surface area (Å²) < 4.78 is 1.82. The zero-order valence-electron chi connectivity index (χ0n) is 11.5. The van der Waals surface area contributed by atoms with Gasteiger partial charge in [0.15, 0.2) is 0 Å². The van der Waals surface area contributed by atoms with E-state index in [1.807, 2.05) is 16.8 Å². The molecule has 1 saturated carbocycles. The molecule has 3 aromatic heterocycles. The maximum Gasteiger partial charge on any atom is 0.326 e. The quantitative estimate of drug-likeness (QED) is 0.707. The third-order valence-electron chi connectivity index (χ3n) is 4.50. The van der Waals surface area contributed by atoms with Crippen molar-refractivity contribution in [3.8, 4) is 0 Å². The van der Waals surface area contributed by atoms with Crippen LogP contribution in [0.1, 0.15) is 31.7 Å². The molecular formula is C15H16N4O2. The van der Waals surface area contributed by atoms with E-state index in [0.717, 1.165) is 54.0 Å². The monoisotopic (exact) mass is 284 g/mol. The zero-order valence-corrected chi connectivity index (χ0v) is 11.5. The number of rotatable bonds is 2. The molecular weight excluding hydrogens is 268 g/mol. The summed E-state index contributed by atoms with van der Waals surface area (Å²) in [5.74, 6) is 0.0594. The van der Waals surface area contributed by atoms with E-state index in [9.17, 15) is 9.59 Å². The number of aromatic amines is 2. The van der Waals surface area contributed by atoms with Gasteiger partial charge in [-0.3, -0.25) is 4.57 Å². The van der Waals surface area contributed by atoms with E-state index >= 15 is 0 Å². The third-order valence-corrected chi connectivity index (χ3v) is 4.50. The van der Waals surface area contributed by atoms with Gasteiger partial charge in [-0.1, -0.05) is 6.42 Å². The first kappa shape index (κ1) is 12.4. The van der Waals surface area contributed by atoms with Gasteiger partial charge in [0.1, 0.15) is 11.9 Å². The number of carbonyl (C=O) groups excluding carboxylic acids is 1. The molecule has 0 unspecified atom stereocenters. The maximum atomic E-state index is 12.4. The van der Waals surface area contributed by atoms with Gasteiger partial charge in [-0.2, -0.15) is 0 Å². The van der Waals surface area contributed by atoms with Crippen LogP contribution in [0.4, 0.5) is 0 Å². The second-order valence-corrected chi connectivity index (χ2v) is 5.78. The summed E-state index contributed by atoms with van der Waals surface area (Å²) in [6.07, 6.45) is 8.13. The average Bonchev–Trinajstić information content (AvgIpc) is 3.09. The fourth-order valence-electron chi connectivity index (χ4n) is 3.53. The first-order valence-corrected chi connectivity index (χ1v) is 7.29. The maximum absolute atomic E-state index is 12.4. The van der Waals surface area contributed by atoms with Crippen molar-refractivity contribution in [3.63, 3.8) is 0 Å². The largest absolute Gasteiger partial charge is 0.346 e. The molecule has 0 bridgehead atoms. The number of nitrogens with one attached hydrogen (secondary N) is 2. The normalized spacial score (nSPS) is 22.9. The SMILES string of the molecule is O=C[C@H]1CCC[C@@H](n2c(=O)[nH]c3cnc4[nH]ccc4c32)C1. The van der Waals surface area contributed by atoms with E-state index in [0.29, 0.717) is 0 Å². The number of carbonyl (C=O) groups is 1. The van der Waals surface area contributed by atoms with Crippen LogP contribution in [0.2, 0.25) is 0 Å². The minimum atomic E-state index is -0.114. The smallest absolute Gasteiger partial charge is 0.326 e. The Bertz CT molecular complexity index is 873. The molecule has 0 amide bonds. The van der Waals surface area contributed by atoms with Gasteiger partial charge in [-0.05, 0) is 25.3 Å². The highest BCUT2D eigenvalue weighted by Gasteiger charge is 2.26. The van der Waals surface area contributed by atoms with Crippen LogP contribution in [0.25, 0.3) is 22.1 Å². The van der Waals surface area contributed by atoms with E-state index < -0.39 is 0 Å². The second kappa shape index (κ2) is 4.58. The molecule has 108 valence electrons. The van der Waals surface area contributed by atoms with E-state index in [2.05, 4.69) is 15.0 Å². The van der Waals surface area contributed by atoms with Gasteiger partial charge in [0.2, 0.25) is 0 Å². The first-order valence-electron chi connectivity index (χ1n) is 7.29. The lowest BCUT2D eigenvalue weighted by molar-refractivity contribution is -0.112. The number of hydrogen-bond acceptors (Lipinski definition) is 3. The predicted octanol–water partition coefficient (Wildman–Crippen LogP) is 2.14. The lowest BCUT2D eigenvalue weighted by Gasteiger charge is -2.27. The minimum Gasteiger partial charge on any atom is -0.346 e. The van der Waals surface area contributed by atoms with Crippen molar-refractivity contribution in [2.75, 3.05) is 0 Å². The summed E-state index contributed by atoms with van der Waals surface area (Å²) in [6, 6.07) is 2.02. The van der Waals surface area contributed by atoms with Crippen molar-refractivity contribution in [2.45, 2.75) is 31.7 Å². The van der Waals surface area contributed by atoms with Crippen molar-refractivity contribution in [3.05, 3.63) is 28.9 Å². The first-order chi connectivity index (χ1) is 10.3. The van der Waals surface area contributed by atoms with Crippen LogP contribution in [0, 0.1) is 5.92 Å². The van der Waals surface area contributed by atoms with Crippen LogP contribution in [-0.2, 0) is 4.79 Å². The molecule has 0 aromatic carbocycles. The number of nitrogens with zero attached hydrogens (tertiary/aromatic N) is 2. The molecule has 1 fully saturated rings. The molecule has 3 heterocycles. The van der Waals surface area contributed by atoms with Crippen LogP contribution in [-0.4, -0.2) is 25.8 Å². The number of imidazole rings is 1. The Morgan fingerprint density at radius 1 is 1.38 bits per heavy atom. The lowest BCUT2D eigenvalue weighted by Crippen LogP contribution is -2.27. The Labute approximate surface area is 120 Å². The van der Waals surface area contributed by atoms with Gasteiger partial charge < -0.3 is 14.8 Å². The van der Waals surface area contributed by atoms with Crippen LogP contribution in [0.3, 0.4) is 0 Å². The van der Waals surface area contributed by atoms with Gasteiger partial charge >= 0.3 is 5.69 Å². The Kier molecular flexibility index (Phi) is 2.70. The number of aldehydes is 1. The highest BCUT2D eigenvalue weighted by Crippen LogP contribution is 2.33. The van der Waals surface area contributed by atoms with Crippen molar-refractivity contribution in [1.82, 2.24) is 19.5 Å². The summed E-state index contributed by atoms with van der Waals surface area (Å²) >= 11 is 0. The summed E-state index contributed by atoms with van der Waals surface area (Å²) in [5.41, 5.74) is 2.30.